The zero-order chi connectivity index (χ0) is 16.8. The molecular weight excluding hydrogens is 343 g/mol. The van der Waals surface area contributed by atoms with Crippen LogP contribution in [-0.4, -0.2) is 19.6 Å². The Kier molecular flexibility index (Phi) is 6.61. The summed E-state index contributed by atoms with van der Waals surface area (Å²) in [5, 5.41) is 4.21. The first kappa shape index (κ1) is 18.2. The molecule has 1 aliphatic rings. The Morgan fingerprint density at radius 1 is 0.917 bits per heavy atom. The summed E-state index contributed by atoms with van der Waals surface area (Å²) in [6, 6.07) is 23.8. The van der Waals surface area contributed by atoms with Crippen molar-refractivity contribution in [3.05, 3.63) is 60.7 Å². The van der Waals surface area contributed by atoms with Crippen molar-refractivity contribution in [1.82, 2.24) is 0 Å². The van der Waals surface area contributed by atoms with Crippen LogP contribution in [0.15, 0.2) is 60.7 Å². The van der Waals surface area contributed by atoms with Gasteiger partial charge in [0.1, 0.15) is 0 Å². The van der Waals surface area contributed by atoms with E-state index in [2.05, 4.69) is 67.2 Å². The fraction of sp³-hybridized carbons (Fsp3) is 0.429. The Morgan fingerprint density at radius 2 is 1.42 bits per heavy atom. The molecule has 1 atom stereocenters. The molecule has 0 bridgehead atoms. The Bertz CT molecular complexity index is 573. The number of rotatable bonds is 7. The van der Waals surface area contributed by atoms with Crippen LogP contribution in [0.3, 0.4) is 0 Å². The molecule has 3 heteroatoms. The van der Waals surface area contributed by atoms with Crippen LogP contribution in [-0.2, 0) is 0 Å². The quantitative estimate of drug-likeness (QED) is 0.364. The molecule has 0 amide bonds. The fourth-order valence-corrected chi connectivity index (χ4v) is 12.7. The van der Waals surface area contributed by atoms with E-state index in [0.29, 0.717) is 0 Å². The summed E-state index contributed by atoms with van der Waals surface area (Å²) in [5.41, 5.74) is 1.01. The lowest BCUT2D eigenvalue weighted by atomic mass is 10.4. The minimum absolute atomic E-state index is 0.235. The summed E-state index contributed by atoms with van der Waals surface area (Å²) in [4.78, 5) is 0. The molecule has 2 aromatic rings. The van der Waals surface area contributed by atoms with Crippen LogP contribution in [0.25, 0.3) is 0 Å². The maximum Gasteiger partial charge on any atom is 0.0640 e. The number of thiol groups is 1. The highest BCUT2D eigenvalue weighted by Crippen LogP contribution is 2.44. The molecule has 0 spiro atoms. The van der Waals surface area contributed by atoms with E-state index in [4.69, 9.17) is 12.6 Å². The van der Waals surface area contributed by atoms with Gasteiger partial charge in [-0.15, -0.1) is 0 Å². The molecule has 0 aliphatic heterocycles. The Labute approximate surface area is 155 Å². The molecule has 1 unspecified atom stereocenters. The molecule has 1 saturated carbocycles. The van der Waals surface area contributed by atoms with Crippen LogP contribution < -0.4 is 10.6 Å². The van der Waals surface area contributed by atoms with Gasteiger partial charge in [-0.05, 0) is 35.6 Å². The molecule has 0 heterocycles. The standard InChI is InChI=1S/C21H29PSSi/c1-24(18-23,21-14-8-9-15-21)17-16-22(19-10-4-2-5-11-19)20-12-6-3-7-13-20/h2-7,10-13,21,23H,8-9,14-18H2,1H3. The third kappa shape index (κ3) is 4.34. The Balaban J connectivity index is 1.79. The molecular formula is C21H29PSSi. The van der Waals surface area contributed by atoms with Crippen molar-refractivity contribution in [3.63, 3.8) is 0 Å². The third-order valence-electron chi connectivity index (χ3n) is 5.74. The first-order valence-corrected chi connectivity index (χ1v) is 14.4. The lowest BCUT2D eigenvalue weighted by Gasteiger charge is -2.34. The van der Waals surface area contributed by atoms with E-state index in [1.807, 2.05) is 0 Å². The number of hydrogen-bond donors (Lipinski definition) is 1. The molecule has 128 valence electrons. The third-order valence-corrected chi connectivity index (χ3v) is 15.5. The number of hydrogen-bond acceptors (Lipinski definition) is 1. The van der Waals surface area contributed by atoms with Crippen molar-refractivity contribution < 1.29 is 0 Å². The zero-order valence-corrected chi connectivity index (χ0v) is 17.5. The van der Waals surface area contributed by atoms with Crippen molar-refractivity contribution in [1.29, 1.82) is 0 Å². The van der Waals surface area contributed by atoms with Gasteiger partial charge < -0.3 is 0 Å². The summed E-state index contributed by atoms with van der Waals surface area (Å²) in [6.07, 6.45) is 7.18. The normalized spacial score (nSPS) is 18.0. The minimum Gasteiger partial charge on any atom is -0.182 e. The summed E-state index contributed by atoms with van der Waals surface area (Å²) in [6.45, 7) is 2.62. The SMILES string of the molecule is C[Si](CS)(CCP(c1ccccc1)c1ccccc1)C1CCCC1. The highest BCUT2D eigenvalue weighted by atomic mass is 32.1. The molecule has 2 aromatic carbocycles. The van der Waals surface area contributed by atoms with Gasteiger partial charge in [0.25, 0.3) is 0 Å². The van der Waals surface area contributed by atoms with Crippen LogP contribution >= 0.6 is 20.6 Å². The maximum atomic E-state index is 4.82. The van der Waals surface area contributed by atoms with E-state index in [9.17, 15) is 0 Å². The number of benzene rings is 2. The molecule has 0 saturated heterocycles. The van der Waals surface area contributed by atoms with Crippen molar-refractivity contribution in [2.75, 3.05) is 11.5 Å². The van der Waals surface area contributed by atoms with Gasteiger partial charge in [-0.2, -0.15) is 12.6 Å². The minimum atomic E-state index is -1.24. The highest BCUT2D eigenvalue weighted by molar-refractivity contribution is 7.82. The van der Waals surface area contributed by atoms with E-state index in [1.165, 1.54) is 48.5 Å². The summed E-state index contributed by atoms with van der Waals surface area (Å²) in [7, 11) is -1.47. The van der Waals surface area contributed by atoms with Gasteiger partial charge in [-0.25, -0.2) is 0 Å². The molecule has 24 heavy (non-hydrogen) atoms. The average Bonchev–Trinajstić information content (AvgIpc) is 3.19. The van der Waals surface area contributed by atoms with E-state index < -0.39 is 8.07 Å². The fourth-order valence-electron chi connectivity index (χ4n) is 4.03. The monoisotopic (exact) mass is 372 g/mol. The average molecular weight is 373 g/mol. The van der Waals surface area contributed by atoms with Crippen LogP contribution in [0.2, 0.25) is 18.1 Å². The lowest BCUT2D eigenvalue weighted by molar-refractivity contribution is 0.829. The van der Waals surface area contributed by atoms with Crippen LogP contribution in [0.5, 0.6) is 0 Å². The summed E-state index contributed by atoms with van der Waals surface area (Å²) >= 11 is 4.82. The predicted octanol–water partition coefficient (Wildman–Crippen LogP) is 5.61. The van der Waals surface area contributed by atoms with Gasteiger partial charge in [0.05, 0.1) is 8.07 Å². The lowest BCUT2D eigenvalue weighted by Crippen LogP contribution is -2.39. The molecule has 0 N–H and O–H groups in total. The summed E-state index contributed by atoms with van der Waals surface area (Å²) < 4.78 is 0. The van der Waals surface area contributed by atoms with Gasteiger partial charge in [0.2, 0.25) is 0 Å². The second kappa shape index (κ2) is 8.69. The van der Waals surface area contributed by atoms with Gasteiger partial charge >= 0.3 is 0 Å². The topological polar surface area (TPSA) is 0 Å². The van der Waals surface area contributed by atoms with Crippen LogP contribution in [0.1, 0.15) is 25.7 Å². The van der Waals surface area contributed by atoms with E-state index >= 15 is 0 Å². The van der Waals surface area contributed by atoms with Crippen molar-refractivity contribution >= 4 is 39.2 Å². The smallest absolute Gasteiger partial charge is 0.0640 e. The summed E-state index contributed by atoms with van der Waals surface area (Å²) in [5.74, 6) is 0. The van der Waals surface area contributed by atoms with Crippen LogP contribution in [0.4, 0.5) is 0 Å². The molecule has 1 aliphatic carbocycles. The van der Waals surface area contributed by atoms with Gasteiger partial charge in [0, 0.05) is 0 Å². The van der Waals surface area contributed by atoms with Gasteiger partial charge in [0.15, 0.2) is 0 Å². The van der Waals surface area contributed by atoms with Crippen molar-refractivity contribution in [2.24, 2.45) is 0 Å². The van der Waals surface area contributed by atoms with Gasteiger partial charge in [-0.1, -0.05) is 98.9 Å². The Morgan fingerprint density at radius 3 is 1.88 bits per heavy atom. The van der Waals surface area contributed by atoms with E-state index in [-0.39, 0.29) is 7.92 Å². The van der Waals surface area contributed by atoms with E-state index in [0.717, 1.165) is 10.9 Å². The van der Waals surface area contributed by atoms with Gasteiger partial charge in [-0.3, -0.25) is 0 Å². The molecule has 3 rings (SSSR count). The molecule has 1 fully saturated rings. The largest absolute Gasteiger partial charge is 0.182 e. The zero-order valence-electron chi connectivity index (χ0n) is 14.7. The second-order valence-electron chi connectivity index (χ2n) is 7.37. The molecule has 0 nitrogen and oxygen atoms in total. The molecule has 0 aromatic heterocycles. The van der Waals surface area contributed by atoms with Crippen molar-refractivity contribution in [2.45, 2.75) is 43.8 Å². The Hall–Kier alpha value is -0.563. The first-order valence-electron chi connectivity index (χ1n) is 9.21. The second-order valence-corrected chi connectivity index (χ2v) is 15.6. The highest BCUT2D eigenvalue weighted by Gasteiger charge is 2.37. The first-order chi connectivity index (χ1) is 11.7. The predicted molar refractivity (Wildman–Crippen MR) is 116 cm³/mol. The van der Waals surface area contributed by atoms with Crippen LogP contribution in [0, 0.1) is 0 Å². The maximum absolute atomic E-state index is 4.82. The molecule has 0 radical (unpaired) electrons. The van der Waals surface area contributed by atoms with Crippen molar-refractivity contribution in [3.8, 4) is 0 Å². The van der Waals surface area contributed by atoms with E-state index in [1.54, 1.807) is 0 Å².